The Kier molecular flexibility index (Phi) is 6.61. The van der Waals surface area contributed by atoms with E-state index in [9.17, 15) is 17.6 Å². The van der Waals surface area contributed by atoms with Gasteiger partial charge >= 0.3 is 6.18 Å². The molecule has 0 saturated heterocycles. The van der Waals surface area contributed by atoms with Crippen LogP contribution in [0.5, 0.6) is 0 Å². The Morgan fingerprint density at radius 3 is 2.43 bits per heavy atom. The lowest BCUT2D eigenvalue weighted by Crippen LogP contribution is -2.26. The lowest BCUT2D eigenvalue weighted by Gasteiger charge is -2.22. The fourth-order valence-electron chi connectivity index (χ4n) is 2.07. The second kappa shape index (κ2) is 7.75. The first kappa shape index (κ1) is 17.9. The molecule has 1 rings (SSSR count). The lowest BCUT2D eigenvalue weighted by molar-refractivity contribution is -0.140. The number of nitrogens with one attached hydrogen (secondary N) is 1. The van der Waals surface area contributed by atoms with Crippen molar-refractivity contribution in [3.05, 3.63) is 35.1 Å². The molecule has 0 radical (unpaired) electrons. The minimum Gasteiger partial charge on any atom is -0.310 e. The van der Waals surface area contributed by atoms with E-state index in [2.05, 4.69) is 5.32 Å². The molecule has 0 saturated carbocycles. The SMILES string of the molecule is CCCNC(CCN(C)C)c1ccc(F)c(C(F)(F)F)c1. The summed E-state index contributed by atoms with van der Waals surface area (Å²) in [6.45, 7) is 3.43. The Hall–Kier alpha value is -1.14. The van der Waals surface area contributed by atoms with Crippen molar-refractivity contribution in [2.24, 2.45) is 0 Å². The topological polar surface area (TPSA) is 15.3 Å². The predicted octanol–water partition coefficient (Wildman–Crippen LogP) is 3.84. The van der Waals surface area contributed by atoms with Crippen LogP contribution in [-0.4, -0.2) is 32.1 Å². The molecule has 0 aliphatic heterocycles. The zero-order chi connectivity index (χ0) is 16.0. The third kappa shape index (κ3) is 5.63. The van der Waals surface area contributed by atoms with Crippen molar-refractivity contribution in [3.8, 4) is 0 Å². The minimum absolute atomic E-state index is 0.214. The van der Waals surface area contributed by atoms with Crippen molar-refractivity contribution in [2.75, 3.05) is 27.2 Å². The molecule has 2 nitrogen and oxygen atoms in total. The Balaban J connectivity index is 3.00. The highest BCUT2D eigenvalue weighted by Gasteiger charge is 2.34. The molecule has 0 bridgehead atoms. The molecule has 0 heterocycles. The van der Waals surface area contributed by atoms with E-state index in [0.717, 1.165) is 25.1 Å². The summed E-state index contributed by atoms with van der Waals surface area (Å²) >= 11 is 0. The van der Waals surface area contributed by atoms with Gasteiger partial charge in [0, 0.05) is 6.04 Å². The smallest absolute Gasteiger partial charge is 0.310 e. The Morgan fingerprint density at radius 1 is 1.24 bits per heavy atom. The van der Waals surface area contributed by atoms with Crippen molar-refractivity contribution in [2.45, 2.75) is 32.0 Å². The molecule has 1 aromatic carbocycles. The van der Waals surface area contributed by atoms with E-state index >= 15 is 0 Å². The molecular weight excluding hydrogens is 284 g/mol. The average molecular weight is 306 g/mol. The molecule has 0 amide bonds. The summed E-state index contributed by atoms with van der Waals surface area (Å²) in [5.41, 5.74) is -0.729. The van der Waals surface area contributed by atoms with Gasteiger partial charge in [-0.2, -0.15) is 13.2 Å². The molecule has 1 N–H and O–H groups in total. The van der Waals surface area contributed by atoms with Crippen LogP contribution in [0.2, 0.25) is 0 Å². The van der Waals surface area contributed by atoms with Crippen molar-refractivity contribution in [1.82, 2.24) is 10.2 Å². The Labute approximate surface area is 123 Å². The van der Waals surface area contributed by atoms with Crippen LogP contribution in [0.4, 0.5) is 17.6 Å². The maximum atomic E-state index is 13.3. The maximum Gasteiger partial charge on any atom is 0.419 e. The predicted molar refractivity (Wildman–Crippen MR) is 75.6 cm³/mol. The molecule has 21 heavy (non-hydrogen) atoms. The third-order valence-corrected chi connectivity index (χ3v) is 3.20. The molecule has 1 atom stereocenters. The number of benzene rings is 1. The summed E-state index contributed by atoms with van der Waals surface area (Å²) in [5.74, 6) is -1.23. The molecule has 0 aliphatic carbocycles. The average Bonchev–Trinajstić information content (AvgIpc) is 2.38. The maximum absolute atomic E-state index is 13.3. The lowest BCUT2D eigenvalue weighted by atomic mass is 10.00. The summed E-state index contributed by atoms with van der Waals surface area (Å²) < 4.78 is 51.7. The number of alkyl halides is 3. The van der Waals surface area contributed by atoms with E-state index < -0.39 is 17.6 Å². The van der Waals surface area contributed by atoms with Crippen LogP contribution < -0.4 is 5.32 Å². The normalized spacial score (nSPS) is 13.7. The van der Waals surface area contributed by atoms with Gasteiger partial charge in [0.25, 0.3) is 0 Å². The summed E-state index contributed by atoms with van der Waals surface area (Å²) in [6, 6.07) is 3.02. The van der Waals surface area contributed by atoms with Gasteiger partial charge in [-0.1, -0.05) is 13.0 Å². The van der Waals surface area contributed by atoms with Gasteiger partial charge in [0.05, 0.1) is 5.56 Å². The quantitative estimate of drug-likeness (QED) is 0.770. The van der Waals surface area contributed by atoms with Crippen molar-refractivity contribution in [3.63, 3.8) is 0 Å². The first-order valence-corrected chi connectivity index (χ1v) is 7.00. The third-order valence-electron chi connectivity index (χ3n) is 3.20. The summed E-state index contributed by atoms with van der Waals surface area (Å²) in [7, 11) is 3.81. The van der Waals surface area contributed by atoms with Gasteiger partial charge in [-0.25, -0.2) is 4.39 Å². The highest BCUT2D eigenvalue weighted by atomic mass is 19.4. The van der Waals surface area contributed by atoms with Crippen molar-refractivity contribution in [1.29, 1.82) is 0 Å². The molecule has 1 aromatic rings. The number of halogens is 4. The highest BCUT2D eigenvalue weighted by molar-refractivity contribution is 5.29. The monoisotopic (exact) mass is 306 g/mol. The van der Waals surface area contributed by atoms with Gasteiger partial charge in [-0.15, -0.1) is 0 Å². The molecular formula is C15H22F4N2. The molecule has 6 heteroatoms. The van der Waals surface area contributed by atoms with Gasteiger partial charge in [0.1, 0.15) is 5.82 Å². The van der Waals surface area contributed by atoms with E-state index in [1.807, 2.05) is 25.9 Å². The molecule has 0 aromatic heterocycles. The van der Waals surface area contributed by atoms with Gasteiger partial charge in [0.2, 0.25) is 0 Å². The number of nitrogens with zero attached hydrogens (tertiary/aromatic N) is 1. The van der Waals surface area contributed by atoms with Crippen molar-refractivity contribution >= 4 is 0 Å². The molecule has 120 valence electrons. The second-order valence-electron chi connectivity index (χ2n) is 5.34. The Morgan fingerprint density at radius 2 is 1.90 bits per heavy atom. The van der Waals surface area contributed by atoms with Crippen LogP contribution in [0, 0.1) is 5.82 Å². The van der Waals surface area contributed by atoms with E-state index in [-0.39, 0.29) is 6.04 Å². The van der Waals surface area contributed by atoms with Crippen LogP contribution in [0.25, 0.3) is 0 Å². The first-order valence-electron chi connectivity index (χ1n) is 7.00. The summed E-state index contributed by atoms with van der Waals surface area (Å²) in [6.07, 6.45) is -3.13. The van der Waals surface area contributed by atoms with Gasteiger partial charge in [-0.05, 0) is 57.7 Å². The molecule has 0 fully saturated rings. The van der Waals surface area contributed by atoms with E-state index in [1.54, 1.807) is 0 Å². The van der Waals surface area contributed by atoms with Crippen molar-refractivity contribution < 1.29 is 17.6 Å². The Bertz CT molecular complexity index is 444. The number of hydrogen-bond acceptors (Lipinski definition) is 2. The van der Waals surface area contributed by atoms with Gasteiger partial charge in [0.15, 0.2) is 0 Å². The molecule has 0 spiro atoms. The minimum atomic E-state index is -4.67. The zero-order valence-electron chi connectivity index (χ0n) is 12.6. The standard InChI is InChI=1S/C15H22F4N2/c1-4-8-20-14(7-9-21(2)3)11-5-6-13(16)12(10-11)15(17,18)19/h5-6,10,14,20H,4,7-9H2,1-3H3. The van der Waals surface area contributed by atoms with Gasteiger partial charge in [-0.3, -0.25) is 0 Å². The van der Waals surface area contributed by atoms with Crippen LogP contribution in [0.3, 0.4) is 0 Å². The largest absolute Gasteiger partial charge is 0.419 e. The number of hydrogen-bond donors (Lipinski definition) is 1. The number of rotatable bonds is 7. The summed E-state index contributed by atoms with van der Waals surface area (Å²) in [4.78, 5) is 1.97. The van der Waals surface area contributed by atoms with Crippen LogP contribution in [-0.2, 0) is 6.18 Å². The van der Waals surface area contributed by atoms with Crippen LogP contribution in [0.15, 0.2) is 18.2 Å². The zero-order valence-corrected chi connectivity index (χ0v) is 12.6. The first-order chi connectivity index (χ1) is 9.75. The summed E-state index contributed by atoms with van der Waals surface area (Å²) in [5, 5.41) is 3.22. The highest BCUT2D eigenvalue weighted by Crippen LogP contribution is 2.33. The van der Waals surface area contributed by atoms with E-state index in [0.29, 0.717) is 18.5 Å². The van der Waals surface area contributed by atoms with E-state index in [4.69, 9.17) is 0 Å². The molecule has 0 aliphatic rings. The van der Waals surface area contributed by atoms with Crippen LogP contribution in [0.1, 0.15) is 36.9 Å². The van der Waals surface area contributed by atoms with Crippen LogP contribution >= 0.6 is 0 Å². The van der Waals surface area contributed by atoms with Gasteiger partial charge < -0.3 is 10.2 Å². The van der Waals surface area contributed by atoms with E-state index in [1.165, 1.54) is 6.07 Å². The fourth-order valence-corrected chi connectivity index (χ4v) is 2.07. The fraction of sp³-hybridized carbons (Fsp3) is 0.600. The molecule has 1 unspecified atom stereocenters. The second-order valence-corrected chi connectivity index (χ2v) is 5.34.